The van der Waals surface area contributed by atoms with Crippen LogP contribution in [-0.2, 0) is 11.3 Å². The monoisotopic (exact) mass is 384 g/mol. The average Bonchev–Trinajstić information content (AvgIpc) is 3.37. The van der Waals surface area contributed by atoms with Crippen molar-refractivity contribution in [2.24, 2.45) is 5.92 Å². The van der Waals surface area contributed by atoms with Crippen LogP contribution in [0.1, 0.15) is 33.9 Å². The van der Waals surface area contributed by atoms with Gasteiger partial charge >= 0.3 is 0 Å². The molecule has 0 unspecified atom stereocenters. The third kappa shape index (κ3) is 4.06. The molecular formula is C19H20N4O3S. The van der Waals surface area contributed by atoms with Gasteiger partial charge in [0.05, 0.1) is 6.26 Å². The van der Waals surface area contributed by atoms with Gasteiger partial charge in [0.1, 0.15) is 16.4 Å². The second kappa shape index (κ2) is 7.98. The van der Waals surface area contributed by atoms with Crippen molar-refractivity contribution in [3.8, 4) is 11.5 Å². The van der Waals surface area contributed by atoms with Crippen LogP contribution in [0.3, 0.4) is 0 Å². The fraction of sp³-hybridized carbons (Fsp3) is 0.368. The normalized spacial score (nSPS) is 15.0. The lowest BCUT2D eigenvalue weighted by Crippen LogP contribution is -2.23. The number of hydrogen-bond donors (Lipinski definition) is 1. The number of nitrogens with zero attached hydrogens (tertiary/aromatic N) is 3. The second-order valence-corrected chi connectivity index (χ2v) is 7.42. The van der Waals surface area contributed by atoms with Gasteiger partial charge in [-0.05, 0) is 31.9 Å². The van der Waals surface area contributed by atoms with Gasteiger partial charge in [0.15, 0.2) is 16.7 Å². The number of aromatic nitrogens is 3. The number of thiazole rings is 1. The van der Waals surface area contributed by atoms with Crippen molar-refractivity contribution in [3.63, 3.8) is 0 Å². The summed E-state index contributed by atoms with van der Waals surface area (Å²) in [5.41, 5.74) is 1.55. The van der Waals surface area contributed by atoms with Gasteiger partial charge in [0.2, 0.25) is 0 Å². The highest BCUT2D eigenvalue weighted by Gasteiger charge is 2.29. The van der Waals surface area contributed by atoms with Gasteiger partial charge in [-0.15, -0.1) is 0 Å². The maximum absolute atomic E-state index is 13.1. The summed E-state index contributed by atoms with van der Waals surface area (Å²) in [6.07, 6.45) is 6.65. The number of aryl methyl sites for hydroxylation is 1. The number of rotatable bonds is 6. The Labute approximate surface area is 160 Å². The Morgan fingerprint density at radius 2 is 2.07 bits per heavy atom. The first kappa shape index (κ1) is 17.8. The predicted molar refractivity (Wildman–Crippen MR) is 102 cm³/mol. The van der Waals surface area contributed by atoms with Gasteiger partial charge in [-0.3, -0.25) is 4.79 Å². The zero-order valence-corrected chi connectivity index (χ0v) is 15.8. The lowest BCUT2D eigenvalue weighted by Gasteiger charge is -2.20. The van der Waals surface area contributed by atoms with Gasteiger partial charge in [0, 0.05) is 43.6 Å². The van der Waals surface area contributed by atoms with Crippen LogP contribution < -0.4 is 5.32 Å². The van der Waals surface area contributed by atoms with E-state index in [9.17, 15) is 4.79 Å². The fourth-order valence-corrected chi connectivity index (χ4v) is 3.96. The number of hydrogen-bond acceptors (Lipinski definition) is 8. The summed E-state index contributed by atoms with van der Waals surface area (Å²) < 4.78 is 10.9. The topological polar surface area (TPSA) is 90.1 Å². The Balaban J connectivity index is 1.57. The van der Waals surface area contributed by atoms with Crippen LogP contribution in [0.15, 0.2) is 35.2 Å². The van der Waals surface area contributed by atoms with Crippen molar-refractivity contribution in [1.29, 1.82) is 0 Å². The molecule has 4 heterocycles. The molecule has 4 rings (SSSR count). The number of carbonyl (C=O) groups is 1. The van der Waals surface area contributed by atoms with E-state index in [1.165, 1.54) is 11.3 Å². The minimum atomic E-state index is -0.0220. The molecule has 0 atom stereocenters. The molecule has 0 bridgehead atoms. The van der Waals surface area contributed by atoms with Crippen LogP contribution in [0.5, 0.6) is 0 Å². The molecule has 0 saturated carbocycles. The van der Waals surface area contributed by atoms with E-state index in [4.69, 9.17) is 9.15 Å². The number of ether oxygens (including phenoxy) is 1. The van der Waals surface area contributed by atoms with Crippen LogP contribution in [0.4, 0.5) is 5.13 Å². The molecule has 3 aromatic rings. The second-order valence-electron chi connectivity index (χ2n) is 6.42. The summed E-state index contributed by atoms with van der Waals surface area (Å²) in [4.78, 5) is 26.7. The first-order valence-electron chi connectivity index (χ1n) is 8.89. The minimum absolute atomic E-state index is 0.0220. The largest absolute Gasteiger partial charge is 0.463 e. The summed E-state index contributed by atoms with van der Waals surface area (Å²) in [5.74, 6) is 1.44. The van der Waals surface area contributed by atoms with Crippen molar-refractivity contribution >= 4 is 22.3 Å². The van der Waals surface area contributed by atoms with Crippen LogP contribution in [-0.4, -0.2) is 33.9 Å². The standard InChI is InChI=1S/C19H20N4O3S/c1-12-20-9-13(10-21-12)11-22-19-23-16(15-3-2-6-26-15)18(27-19)17(24)14-4-7-25-8-5-14/h2-3,6,9-10,14H,4-5,7-8,11H2,1H3,(H,22,23). The number of nitrogens with one attached hydrogen (secondary N) is 1. The molecule has 0 radical (unpaired) electrons. The number of ketones is 1. The lowest BCUT2D eigenvalue weighted by atomic mass is 9.94. The molecule has 0 amide bonds. The predicted octanol–water partition coefficient (Wildman–Crippen LogP) is 3.72. The van der Waals surface area contributed by atoms with Crippen molar-refractivity contribution in [2.45, 2.75) is 26.3 Å². The molecule has 7 nitrogen and oxygen atoms in total. The smallest absolute Gasteiger partial charge is 0.184 e. The molecule has 1 fully saturated rings. The Morgan fingerprint density at radius 1 is 1.30 bits per heavy atom. The van der Waals surface area contributed by atoms with Crippen LogP contribution in [0.25, 0.3) is 11.5 Å². The van der Waals surface area contributed by atoms with Crippen LogP contribution >= 0.6 is 11.3 Å². The maximum atomic E-state index is 13.1. The third-order valence-electron chi connectivity index (χ3n) is 4.48. The number of carbonyl (C=O) groups excluding carboxylic acids is 1. The highest BCUT2D eigenvalue weighted by atomic mass is 32.1. The van der Waals surface area contributed by atoms with Gasteiger partial charge in [-0.25, -0.2) is 15.0 Å². The van der Waals surface area contributed by atoms with Crippen LogP contribution in [0.2, 0.25) is 0 Å². The van der Waals surface area contributed by atoms with Crippen molar-refractivity contribution in [1.82, 2.24) is 15.0 Å². The minimum Gasteiger partial charge on any atom is -0.463 e. The zero-order valence-electron chi connectivity index (χ0n) is 15.0. The number of Topliss-reactive ketones (excluding diaryl/α,β-unsaturated/α-hetero) is 1. The van der Waals surface area contributed by atoms with E-state index < -0.39 is 0 Å². The fourth-order valence-electron chi connectivity index (χ4n) is 2.98. The summed E-state index contributed by atoms with van der Waals surface area (Å²) in [5, 5.41) is 3.95. The molecule has 0 aromatic carbocycles. The quantitative estimate of drug-likeness (QED) is 0.648. The van der Waals surface area contributed by atoms with Crippen LogP contribution in [0, 0.1) is 12.8 Å². The van der Waals surface area contributed by atoms with E-state index in [2.05, 4.69) is 20.3 Å². The SMILES string of the molecule is Cc1ncc(CNc2nc(-c3ccco3)c(C(=O)C3CCOCC3)s2)cn1. The summed E-state index contributed by atoms with van der Waals surface area (Å²) in [6, 6.07) is 3.63. The highest BCUT2D eigenvalue weighted by molar-refractivity contribution is 7.18. The van der Waals surface area contributed by atoms with E-state index in [1.54, 1.807) is 24.7 Å². The molecule has 0 spiro atoms. The van der Waals surface area contributed by atoms with E-state index in [0.717, 1.165) is 24.2 Å². The number of anilines is 1. The molecule has 1 aliphatic rings. The van der Waals surface area contributed by atoms with Gasteiger partial charge in [-0.2, -0.15) is 0 Å². The first-order valence-corrected chi connectivity index (χ1v) is 9.70. The Bertz CT molecular complexity index is 900. The Morgan fingerprint density at radius 3 is 2.78 bits per heavy atom. The highest BCUT2D eigenvalue weighted by Crippen LogP contribution is 2.35. The molecule has 3 aromatic heterocycles. The maximum Gasteiger partial charge on any atom is 0.184 e. The Hall–Kier alpha value is -2.58. The third-order valence-corrected chi connectivity index (χ3v) is 5.50. The van der Waals surface area contributed by atoms with Gasteiger partial charge < -0.3 is 14.5 Å². The van der Waals surface area contributed by atoms with E-state index >= 15 is 0 Å². The zero-order chi connectivity index (χ0) is 18.6. The van der Waals surface area contributed by atoms with Gasteiger partial charge in [0.25, 0.3) is 0 Å². The Kier molecular flexibility index (Phi) is 5.26. The van der Waals surface area contributed by atoms with Gasteiger partial charge in [-0.1, -0.05) is 11.3 Å². The molecule has 1 saturated heterocycles. The molecule has 27 heavy (non-hydrogen) atoms. The number of furan rings is 1. The summed E-state index contributed by atoms with van der Waals surface area (Å²) >= 11 is 1.37. The molecule has 140 valence electrons. The van der Waals surface area contributed by atoms with Crippen molar-refractivity contribution < 1.29 is 13.9 Å². The lowest BCUT2D eigenvalue weighted by molar-refractivity contribution is 0.0547. The van der Waals surface area contributed by atoms with Crippen molar-refractivity contribution in [3.05, 3.63) is 47.1 Å². The molecule has 1 N–H and O–H groups in total. The summed E-state index contributed by atoms with van der Waals surface area (Å²) in [7, 11) is 0. The van der Waals surface area contributed by atoms with E-state index in [0.29, 0.717) is 41.2 Å². The van der Waals surface area contributed by atoms with E-state index in [1.807, 2.05) is 13.0 Å². The van der Waals surface area contributed by atoms with Crippen molar-refractivity contribution in [2.75, 3.05) is 18.5 Å². The molecular weight excluding hydrogens is 364 g/mol. The average molecular weight is 384 g/mol. The first-order chi connectivity index (χ1) is 13.2. The van der Waals surface area contributed by atoms with E-state index in [-0.39, 0.29) is 11.7 Å². The summed E-state index contributed by atoms with van der Waals surface area (Å²) in [6.45, 7) is 3.64. The molecule has 8 heteroatoms. The molecule has 1 aliphatic heterocycles. The molecule has 0 aliphatic carbocycles.